The van der Waals surface area contributed by atoms with Crippen LogP contribution in [0.1, 0.15) is 25.5 Å². The minimum atomic E-state index is 0.381. The van der Waals surface area contributed by atoms with E-state index in [4.69, 9.17) is 16.7 Å². The van der Waals surface area contributed by atoms with Crippen LogP contribution >= 0.6 is 11.6 Å². The molecule has 4 heteroatoms. The molecule has 2 aromatic heterocycles. The molecule has 0 atom stereocenters. The number of hydrogen-bond donors (Lipinski definition) is 0. The Morgan fingerprint density at radius 3 is 2.29 bits per heavy atom. The van der Waals surface area contributed by atoms with E-state index in [0.29, 0.717) is 5.92 Å². The number of pyridine rings is 1. The van der Waals surface area contributed by atoms with E-state index >= 15 is 0 Å². The molecule has 0 unspecified atom stereocenters. The highest BCUT2D eigenvalue weighted by Gasteiger charge is 2.13. The summed E-state index contributed by atoms with van der Waals surface area (Å²) in [6, 6.07) is 13.8. The molecular weight excluding hydrogens is 282 g/mol. The number of aromatic nitrogens is 3. The van der Waals surface area contributed by atoms with Gasteiger partial charge in [-0.2, -0.15) is 5.10 Å². The second-order valence-electron chi connectivity index (χ2n) is 5.23. The van der Waals surface area contributed by atoms with Gasteiger partial charge in [-0.1, -0.05) is 37.6 Å². The quantitative estimate of drug-likeness (QED) is 0.701. The SMILES string of the molecule is CC(C)c1cc(-c2ccc(Cl)cc2)nn1-c1ccncc1. The van der Waals surface area contributed by atoms with Crippen molar-refractivity contribution in [3.05, 3.63) is 65.6 Å². The summed E-state index contributed by atoms with van der Waals surface area (Å²) >= 11 is 5.95. The van der Waals surface area contributed by atoms with Crippen LogP contribution in [0, 0.1) is 0 Å². The van der Waals surface area contributed by atoms with Gasteiger partial charge in [-0.15, -0.1) is 0 Å². The molecule has 0 amide bonds. The lowest BCUT2D eigenvalue weighted by atomic mass is 10.1. The molecule has 2 heterocycles. The average molecular weight is 298 g/mol. The second-order valence-corrected chi connectivity index (χ2v) is 5.67. The third-order valence-electron chi connectivity index (χ3n) is 3.38. The third-order valence-corrected chi connectivity index (χ3v) is 3.63. The van der Waals surface area contributed by atoms with Crippen LogP contribution < -0.4 is 0 Å². The number of benzene rings is 1. The highest BCUT2D eigenvalue weighted by molar-refractivity contribution is 6.30. The molecule has 0 aliphatic heterocycles. The monoisotopic (exact) mass is 297 g/mol. The third kappa shape index (κ3) is 2.83. The maximum Gasteiger partial charge on any atom is 0.0930 e. The lowest BCUT2D eigenvalue weighted by molar-refractivity contribution is 0.734. The molecule has 21 heavy (non-hydrogen) atoms. The Kier molecular flexibility index (Phi) is 3.76. The van der Waals surface area contributed by atoms with Gasteiger partial charge in [0.15, 0.2) is 0 Å². The van der Waals surface area contributed by atoms with E-state index in [1.165, 1.54) is 5.69 Å². The van der Waals surface area contributed by atoms with E-state index in [1.807, 2.05) is 41.1 Å². The normalized spacial score (nSPS) is 11.0. The Bertz CT molecular complexity index is 730. The summed E-state index contributed by atoms with van der Waals surface area (Å²) in [5.41, 5.74) is 4.21. The number of rotatable bonds is 3. The van der Waals surface area contributed by atoms with Crippen LogP contribution in [-0.4, -0.2) is 14.8 Å². The fourth-order valence-electron chi connectivity index (χ4n) is 2.26. The van der Waals surface area contributed by atoms with Crippen LogP contribution in [-0.2, 0) is 0 Å². The molecule has 3 aromatic rings. The topological polar surface area (TPSA) is 30.7 Å². The van der Waals surface area contributed by atoms with Gasteiger partial charge >= 0.3 is 0 Å². The molecule has 0 bridgehead atoms. The summed E-state index contributed by atoms with van der Waals surface area (Å²) in [5, 5.41) is 5.48. The zero-order valence-corrected chi connectivity index (χ0v) is 12.7. The van der Waals surface area contributed by atoms with Crippen molar-refractivity contribution in [1.82, 2.24) is 14.8 Å². The van der Waals surface area contributed by atoms with Gasteiger partial charge in [0.05, 0.1) is 11.4 Å². The Morgan fingerprint density at radius 2 is 1.67 bits per heavy atom. The van der Waals surface area contributed by atoms with Gasteiger partial charge < -0.3 is 0 Å². The van der Waals surface area contributed by atoms with Gasteiger partial charge in [-0.3, -0.25) is 4.98 Å². The van der Waals surface area contributed by atoms with Crippen LogP contribution in [0.5, 0.6) is 0 Å². The van der Waals surface area contributed by atoms with E-state index in [-0.39, 0.29) is 0 Å². The van der Waals surface area contributed by atoms with Crippen molar-refractivity contribution >= 4 is 11.6 Å². The van der Waals surface area contributed by atoms with Crippen molar-refractivity contribution in [2.75, 3.05) is 0 Å². The summed E-state index contributed by atoms with van der Waals surface area (Å²) < 4.78 is 1.98. The smallest absolute Gasteiger partial charge is 0.0930 e. The fraction of sp³-hybridized carbons (Fsp3) is 0.176. The Hall–Kier alpha value is -2.13. The van der Waals surface area contributed by atoms with E-state index in [2.05, 4.69) is 24.9 Å². The van der Waals surface area contributed by atoms with E-state index in [1.54, 1.807) is 12.4 Å². The molecule has 0 aliphatic carbocycles. The number of nitrogens with zero attached hydrogens (tertiary/aromatic N) is 3. The first kappa shape index (κ1) is 13.8. The first-order chi connectivity index (χ1) is 10.1. The van der Waals surface area contributed by atoms with Crippen molar-refractivity contribution in [2.24, 2.45) is 0 Å². The molecular formula is C17H16ClN3. The van der Waals surface area contributed by atoms with Gasteiger partial charge in [0, 0.05) is 28.7 Å². The maximum atomic E-state index is 5.95. The van der Waals surface area contributed by atoms with Crippen LogP contribution in [0.2, 0.25) is 5.02 Å². The Labute approximate surface area is 129 Å². The van der Waals surface area contributed by atoms with Crippen molar-refractivity contribution in [2.45, 2.75) is 19.8 Å². The molecule has 1 aromatic carbocycles. The summed E-state index contributed by atoms with van der Waals surface area (Å²) in [5.74, 6) is 0.381. The van der Waals surface area contributed by atoms with Gasteiger partial charge in [0.25, 0.3) is 0 Å². The largest absolute Gasteiger partial charge is 0.265 e. The van der Waals surface area contributed by atoms with Crippen LogP contribution in [0.3, 0.4) is 0 Å². The molecule has 0 aliphatic rings. The van der Waals surface area contributed by atoms with Gasteiger partial charge in [0.1, 0.15) is 0 Å². The predicted octanol–water partition coefficient (Wildman–Crippen LogP) is 4.71. The highest BCUT2D eigenvalue weighted by Crippen LogP contribution is 2.26. The number of halogens is 1. The minimum absolute atomic E-state index is 0.381. The molecule has 0 N–H and O–H groups in total. The van der Waals surface area contributed by atoms with E-state index in [9.17, 15) is 0 Å². The van der Waals surface area contributed by atoms with Gasteiger partial charge in [-0.05, 0) is 36.2 Å². The molecule has 0 spiro atoms. The van der Waals surface area contributed by atoms with Crippen molar-refractivity contribution < 1.29 is 0 Å². The molecule has 0 fully saturated rings. The number of hydrogen-bond acceptors (Lipinski definition) is 2. The van der Waals surface area contributed by atoms with Gasteiger partial charge in [0.2, 0.25) is 0 Å². The molecule has 3 rings (SSSR count). The summed E-state index contributed by atoms with van der Waals surface area (Å²) in [7, 11) is 0. The predicted molar refractivity (Wildman–Crippen MR) is 85.9 cm³/mol. The zero-order chi connectivity index (χ0) is 14.8. The highest BCUT2D eigenvalue weighted by atomic mass is 35.5. The van der Waals surface area contributed by atoms with Gasteiger partial charge in [-0.25, -0.2) is 4.68 Å². The molecule has 106 valence electrons. The molecule has 0 saturated heterocycles. The van der Waals surface area contributed by atoms with E-state index in [0.717, 1.165) is 22.0 Å². The lowest BCUT2D eigenvalue weighted by Crippen LogP contribution is -2.03. The maximum absolute atomic E-state index is 5.95. The van der Waals surface area contributed by atoms with Crippen molar-refractivity contribution in [3.8, 4) is 16.9 Å². The minimum Gasteiger partial charge on any atom is -0.265 e. The fourth-order valence-corrected chi connectivity index (χ4v) is 2.39. The average Bonchev–Trinajstić information content (AvgIpc) is 2.94. The standard InChI is InChI=1S/C17H16ClN3/c1-12(2)17-11-16(13-3-5-14(18)6-4-13)20-21(17)15-7-9-19-10-8-15/h3-12H,1-2H3. The van der Waals surface area contributed by atoms with Crippen LogP contribution in [0.4, 0.5) is 0 Å². The van der Waals surface area contributed by atoms with E-state index < -0.39 is 0 Å². The summed E-state index contributed by atoms with van der Waals surface area (Å²) in [6.45, 7) is 4.33. The lowest BCUT2D eigenvalue weighted by Gasteiger charge is -2.09. The Morgan fingerprint density at radius 1 is 1.00 bits per heavy atom. The second kappa shape index (κ2) is 5.70. The van der Waals surface area contributed by atoms with Crippen LogP contribution in [0.25, 0.3) is 16.9 Å². The Balaban J connectivity index is 2.11. The first-order valence-corrected chi connectivity index (χ1v) is 7.29. The van der Waals surface area contributed by atoms with Crippen molar-refractivity contribution in [1.29, 1.82) is 0 Å². The molecule has 3 nitrogen and oxygen atoms in total. The zero-order valence-electron chi connectivity index (χ0n) is 12.0. The summed E-state index contributed by atoms with van der Waals surface area (Å²) in [4.78, 5) is 4.06. The first-order valence-electron chi connectivity index (χ1n) is 6.91. The molecule has 0 radical (unpaired) electrons. The van der Waals surface area contributed by atoms with Crippen molar-refractivity contribution in [3.63, 3.8) is 0 Å². The summed E-state index contributed by atoms with van der Waals surface area (Å²) in [6.07, 6.45) is 3.56. The van der Waals surface area contributed by atoms with Crippen LogP contribution in [0.15, 0.2) is 54.9 Å². The molecule has 0 saturated carbocycles.